The molecule has 0 saturated heterocycles. The van der Waals surface area contributed by atoms with Gasteiger partial charge in [-0.3, -0.25) is 14.9 Å². The van der Waals surface area contributed by atoms with Gasteiger partial charge in [0.05, 0.1) is 0 Å². The van der Waals surface area contributed by atoms with E-state index in [-0.39, 0.29) is 6.42 Å². The quantitative estimate of drug-likeness (QED) is 0.573. The SMILES string of the molecule is CCC(C(=O)O)S(=O)(=O)C(C)C(=O)NC(N)=O. The molecule has 2 atom stereocenters. The number of carbonyl (C=O) groups is 3. The highest BCUT2D eigenvalue weighted by Crippen LogP contribution is 2.13. The second kappa shape index (κ2) is 5.62. The van der Waals surface area contributed by atoms with Crippen LogP contribution in [0.1, 0.15) is 20.3 Å². The summed E-state index contributed by atoms with van der Waals surface area (Å²) in [6, 6.07) is -1.19. The summed E-state index contributed by atoms with van der Waals surface area (Å²) in [7, 11) is -4.21. The summed E-state index contributed by atoms with van der Waals surface area (Å²) in [4.78, 5) is 32.4. The number of imide groups is 1. The van der Waals surface area contributed by atoms with E-state index in [0.29, 0.717) is 0 Å². The summed E-state index contributed by atoms with van der Waals surface area (Å²) in [6.07, 6.45) is -0.175. The monoisotopic (exact) mass is 266 g/mol. The van der Waals surface area contributed by atoms with Crippen LogP contribution in [0.2, 0.25) is 0 Å². The molecule has 0 spiro atoms. The van der Waals surface area contributed by atoms with Crippen LogP contribution < -0.4 is 11.1 Å². The number of nitrogens with one attached hydrogen (secondary N) is 1. The minimum Gasteiger partial charge on any atom is -0.480 e. The molecule has 0 bridgehead atoms. The van der Waals surface area contributed by atoms with Crippen molar-refractivity contribution in [3.05, 3.63) is 0 Å². The van der Waals surface area contributed by atoms with Crippen molar-refractivity contribution >= 4 is 27.7 Å². The molecule has 4 N–H and O–H groups in total. The third-order valence-electron chi connectivity index (χ3n) is 2.15. The fourth-order valence-corrected chi connectivity index (χ4v) is 2.76. The third-order valence-corrected chi connectivity index (χ3v) is 4.68. The summed E-state index contributed by atoms with van der Waals surface area (Å²) in [5, 5.41) is 6.97. The first-order chi connectivity index (χ1) is 7.64. The molecular weight excluding hydrogens is 252 g/mol. The molecule has 98 valence electrons. The standard InChI is InChI=1S/C8H14N2O6S/c1-3-5(7(12)13)17(15,16)4(2)6(11)10-8(9)14/h4-5H,3H2,1-2H3,(H,12,13)(H3,9,10,11,14). The molecular formula is C8H14N2O6S. The predicted molar refractivity (Wildman–Crippen MR) is 57.8 cm³/mol. The normalized spacial score (nSPS) is 14.7. The highest BCUT2D eigenvalue weighted by molar-refractivity contribution is 7.94. The van der Waals surface area contributed by atoms with Gasteiger partial charge in [0.25, 0.3) is 0 Å². The summed E-state index contributed by atoms with van der Waals surface area (Å²) in [6.45, 7) is 2.37. The Morgan fingerprint density at radius 3 is 2.12 bits per heavy atom. The molecule has 2 unspecified atom stereocenters. The van der Waals surface area contributed by atoms with E-state index >= 15 is 0 Å². The van der Waals surface area contributed by atoms with Crippen molar-refractivity contribution in [1.82, 2.24) is 5.32 Å². The van der Waals surface area contributed by atoms with Gasteiger partial charge in [0.15, 0.2) is 15.1 Å². The molecule has 0 radical (unpaired) electrons. The van der Waals surface area contributed by atoms with E-state index in [0.717, 1.165) is 6.92 Å². The molecule has 3 amide bonds. The van der Waals surface area contributed by atoms with Gasteiger partial charge in [0.1, 0.15) is 5.25 Å². The largest absolute Gasteiger partial charge is 0.480 e. The van der Waals surface area contributed by atoms with Gasteiger partial charge in [-0.15, -0.1) is 0 Å². The van der Waals surface area contributed by atoms with Crippen molar-refractivity contribution in [2.75, 3.05) is 0 Å². The van der Waals surface area contributed by atoms with Gasteiger partial charge in [-0.25, -0.2) is 13.2 Å². The van der Waals surface area contributed by atoms with Crippen LogP contribution in [0.15, 0.2) is 0 Å². The number of hydrogen-bond donors (Lipinski definition) is 3. The van der Waals surface area contributed by atoms with Gasteiger partial charge in [0, 0.05) is 0 Å². The lowest BCUT2D eigenvalue weighted by atomic mass is 10.3. The zero-order valence-electron chi connectivity index (χ0n) is 9.34. The van der Waals surface area contributed by atoms with Gasteiger partial charge in [-0.1, -0.05) is 6.92 Å². The number of rotatable bonds is 5. The van der Waals surface area contributed by atoms with Crippen molar-refractivity contribution in [3.63, 3.8) is 0 Å². The Kier molecular flexibility index (Phi) is 5.08. The molecule has 0 aromatic heterocycles. The molecule has 8 nitrogen and oxygen atoms in total. The van der Waals surface area contributed by atoms with Crippen LogP contribution in [0, 0.1) is 0 Å². The highest BCUT2D eigenvalue weighted by atomic mass is 32.2. The van der Waals surface area contributed by atoms with E-state index in [1.165, 1.54) is 6.92 Å². The highest BCUT2D eigenvalue weighted by Gasteiger charge is 2.39. The van der Waals surface area contributed by atoms with Gasteiger partial charge in [-0.2, -0.15) is 0 Å². The Morgan fingerprint density at radius 1 is 1.35 bits per heavy atom. The number of carbonyl (C=O) groups excluding carboxylic acids is 2. The average molecular weight is 266 g/mol. The second-order valence-electron chi connectivity index (χ2n) is 3.32. The minimum absolute atomic E-state index is 0.175. The van der Waals surface area contributed by atoms with Crippen LogP contribution in [0.25, 0.3) is 0 Å². The van der Waals surface area contributed by atoms with Crippen LogP contribution in [-0.4, -0.2) is 41.9 Å². The zero-order valence-corrected chi connectivity index (χ0v) is 10.2. The fourth-order valence-electron chi connectivity index (χ4n) is 1.17. The van der Waals surface area contributed by atoms with Crippen LogP contribution in [0.5, 0.6) is 0 Å². The molecule has 0 rings (SSSR count). The summed E-state index contributed by atoms with van der Waals surface area (Å²) >= 11 is 0. The maximum atomic E-state index is 11.7. The minimum atomic E-state index is -4.21. The lowest BCUT2D eigenvalue weighted by Gasteiger charge is -2.16. The number of primary amides is 1. The number of carboxylic acid groups (broad SMARTS) is 1. The number of sulfone groups is 1. The average Bonchev–Trinajstić information content (AvgIpc) is 2.15. The number of nitrogens with two attached hydrogens (primary N) is 1. The van der Waals surface area contributed by atoms with E-state index in [1.807, 2.05) is 0 Å². The number of hydrogen-bond acceptors (Lipinski definition) is 5. The first kappa shape index (κ1) is 15.4. The van der Waals surface area contributed by atoms with Crippen molar-refractivity contribution in [2.24, 2.45) is 5.73 Å². The number of aliphatic carboxylic acids is 1. The number of carboxylic acids is 1. The first-order valence-electron chi connectivity index (χ1n) is 4.70. The van der Waals surface area contributed by atoms with Crippen molar-refractivity contribution in [2.45, 2.75) is 30.8 Å². The van der Waals surface area contributed by atoms with Crippen LogP contribution in [0.4, 0.5) is 4.79 Å². The maximum Gasteiger partial charge on any atom is 0.321 e. The molecule has 17 heavy (non-hydrogen) atoms. The number of urea groups is 1. The van der Waals surface area contributed by atoms with E-state index in [4.69, 9.17) is 5.11 Å². The molecule has 9 heteroatoms. The Hall–Kier alpha value is -1.64. The van der Waals surface area contributed by atoms with Crippen LogP contribution in [-0.2, 0) is 19.4 Å². The zero-order chi connectivity index (χ0) is 13.8. The second-order valence-corrected chi connectivity index (χ2v) is 5.77. The summed E-state index contributed by atoms with van der Waals surface area (Å²) in [5.41, 5.74) is 4.66. The Bertz CT molecular complexity index is 429. The van der Waals surface area contributed by atoms with Crippen LogP contribution in [0.3, 0.4) is 0 Å². The van der Waals surface area contributed by atoms with Gasteiger partial charge >= 0.3 is 12.0 Å². The van der Waals surface area contributed by atoms with Gasteiger partial charge in [-0.05, 0) is 13.3 Å². The van der Waals surface area contributed by atoms with Crippen molar-refractivity contribution in [1.29, 1.82) is 0 Å². The topological polar surface area (TPSA) is 144 Å². The lowest BCUT2D eigenvalue weighted by Crippen LogP contribution is -2.47. The summed E-state index contributed by atoms with van der Waals surface area (Å²) in [5.74, 6) is -2.68. The Morgan fingerprint density at radius 2 is 1.82 bits per heavy atom. The molecule has 0 aromatic rings. The lowest BCUT2D eigenvalue weighted by molar-refractivity contribution is -0.136. The molecule has 0 aliphatic carbocycles. The number of amides is 3. The fraction of sp³-hybridized carbons (Fsp3) is 0.625. The Balaban J connectivity index is 5.12. The van der Waals surface area contributed by atoms with Crippen molar-refractivity contribution in [3.8, 4) is 0 Å². The van der Waals surface area contributed by atoms with Crippen LogP contribution >= 0.6 is 0 Å². The van der Waals surface area contributed by atoms with E-state index in [1.54, 1.807) is 5.32 Å². The molecule has 0 aromatic carbocycles. The molecule has 0 fully saturated rings. The van der Waals surface area contributed by atoms with Gasteiger partial charge < -0.3 is 10.8 Å². The molecule has 0 aliphatic rings. The van der Waals surface area contributed by atoms with E-state index in [2.05, 4.69) is 5.73 Å². The third kappa shape index (κ3) is 3.70. The molecule has 0 heterocycles. The maximum absolute atomic E-state index is 11.7. The molecule has 0 saturated carbocycles. The van der Waals surface area contributed by atoms with Gasteiger partial charge in [0.2, 0.25) is 5.91 Å². The Labute approximate surface area is 98.1 Å². The smallest absolute Gasteiger partial charge is 0.321 e. The van der Waals surface area contributed by atoms with E-state index in [9.17, 15) is 22.8 Å². The molecule has 0 aliphatic heterocycles. The predicted octanol–water partition coefficient (Wildman–Crippen LogP) is -1.15. The summed E-state index contributed by atoms with van der Waals surface area (Å²) < 4.78 is 23.5. The first-order valence-corrected chi connectivity index (χ1v) is 6.31. The van der Waals surface area contributed by atoms with Crippen molar-refractivity contribution < 1.29 is 27.9 Å². The van der Waals surface area contributed by atoms with E-state index < -0.39 is 38.2 Å².